The first kappa shape index (κ1) is 17.1. The molecule has 1 atom stereocenters. The van der Waals surface area contributed by atoms with Crippen LogP contribution in [-0.2, 0) is 22.4 Å². The molecule has 3 rings (SSSR count). The fraction of sp³-hybridized carbons (Fsp3) is 0.533. The van der Waals surface area contributed by atoms with Gasteiger partial charge in [-0.05, 0) is 37.0 Å². The van der Waals surface area contributed by atoms with Crippen LogP contribution in [0.1, 0.15) is 18.4 Å². The summed E-state index contributed by atoms with van der Waals surface area (Å²) in [5.41, 5.74) is 0.403. The fourth-order valence-corrected chi connectivity index (χ4v) is 3.95. The number of phenols is 1. The number of nitrogens with one attached hydrogen (secondary N) is 1. The van der Waals surface area contributed by atoms with Crippen LogP contribution in [0.15, 0.2) is 12.1 Å². The summed E-state index contributed by atoms with van der Waals surface area (Å²) in [4.78, 5) is 13.4. The van der Waals surface area contributed by atoms with Gasteiger partial charge >= 0.3 is 0 Å². The van der Waals surface area contributed by atoms with Gasteiger partial charge in [-0.2, -0.15) is 0 Å². The zero-order chi connectivity index (χ0) is 17.3. The van der Waals surface area contributed by atoms with Gasteiger partial charge in [0.15, 0.2) is 5.82 Å². The zero-order valence-electron chi connectivity index (χ0n) is 13.1. The number of aromatic hydroxyl groups is 1. The number of carbonyl (C=O) groups is 1. The van der Waals surface area contributed by atoms with Crippen molar-refractivity contribution in [1.82, 2.24) is 9.62 Å². The molecule has 1 aromatic rings. The van der Waals surface area contributed by atoms with Crippen molar-refractivity contribution in [1.29, 1.82) is 0 Å². The molecule has 1 unspecified atom stereocenters. The molecule has 0 aromatic heterocycles. The standard InChI is InChI=1S/C15H20FN3O4S/c16-12-7-10(1-4-18-5-2-11(20)3-6-18)8-13(21)15(12)19-9-14(22)17-24(19)23/h7-8,11,20-21H,1-6,9H2,(H,17,22). The van der Waals surface area contributed by atoms with Gasteiger partial charge in [0.1, 0.15) is 18.0 Å². The normalized spacial score (nSPS) is 22.8. The van der Waals surface area contributed by atoms with Gasteiger partial charge < -0.3 is 15.1 Å². The first-order valence-electron chi connectivity index (χ1n) is 7.85. The predicted molar refractivity (Wildman–Crippen MR) is 87.1 cm³/mol. The largest absolute Gasteiger partial charge is 0.506 e. The first-order chi connectivity index (χ1) is 11.4. The highest BCUT2D eigenvalue weighted by molar-refractivity contribution is 7.85. The molecule has 2 heterocycles. The second kappa shape index (κ2) is 7.04. The average molecular weight is 357 g/mol. The van der Waals surface area contributed by atoms with Crippen molar-refractivity contribution in [3.63, 3.8) is 0 Å². The summed E-state index contributed by atoms with van der Waals surface area (Å²) in [6.07, 6.45) is 1.79. The summed E-state index contributed by atoms with van der Waals surface area (Å²) < 4.78 is 29.3. The van der Waals surface area contributed by atoms with Crippen molar-refractivity contribution in [3.8, 4) is 5.75 Å². The topological polar surface area (TPSA) is 93.1 Å². The molecule has 3 N–H and O–H groups in total. The van der Waals surface area contributed by atoms with E-state index in [0.717, 1.165) is 30.2 Å². The highest BCUT2D eigenvalue weighted by atomic mass is 32.2. The van der Waals surface area contributed by atoms with E-state index in [1.807, 2.05) is 0 Å². The molecule has 0 saturated carbocycles. The molecule has 7 nitrogen and oxygen atoms in total. The average Bonchev–Trinajstić information content (AvgIpc) is 2.84. The van der Waals surface area contributed by atoms with Crippen molar-refractivity contribution in [2.24, 2.45) is 0 Å². The Hall–Kier alpha value is -1.71. The van der Waals surface area contributed by atoms with Gasteiger partial charge in [0.2, 0.25) is 11.2 Å². The summed E-state index contributed by atoms with van der Waals surface area (Å²) in [5, 5.41) is 19.6. The number of aliphatic hydroxyl groups excluding tert-OH is 1. The number of hydrogen-bond acceptors (Lipinski definition) is 5. The number of anilines is 1. The number of likely N-dealkylation sites (tertiary alicyclic amines) is 1. The lowest BCUT2D eigenvalue weighted by Gasteiger charge is -2.29. The fourth-order valence-electron chi connectivity index (χ4n) is 3.00. The minimum absolute atomic E-state index is 0.225. The number of aliphatic hydroxyl groups is 1. The minimum Gasteiger partial charge on any atom is -0.506 e. The Morgan fingerprint density at radius 2 is 2.04 bits per heavy atom. The second-order valence-corrected chi connectivity index (χ2v) is 7.22. The molecule has 1 aromatic carbocycles. The molecule has 2 aliphatic rings. The van der Waals surface area contributed by atoms with Crippen LogP contribution in [0.2, 0.25) is 0 Å². The number of phenolic OH excluding ortho intramolecular Hbond substituents is 1. The van der Waals surface area contributed by atoms with Gasteiger partial charge in [0.25, 0.3) is 5.91 Å². The van der Waals surface area contributed by atoms with E-state index in [0.29, 0.717) is 18.5 Å². The molecule has 1 amide bonds. The van der Waals surface area contributed by atoms with Gasteiger partial charge in [-0.3, -0.25) is 13.8 Å². The summed E-state index contributed by atoms with van der Waals surface area (Å²) in [7, 11) is 0. The van der Waals surface area contributed by atoms with Crippen LogP contribution in [0.3, 0.4) is 0 Å². The Bertz CT molecular complexity index is 641. The second-order valence-electron chi connectivity index (χ2n) is 6.08. The SMILES string of the molecule is O=C1CN(c2c(O)cc(CCN3CCC(O)CC3)cc2F)S(=O)N1. The molecule has 2 aliphatic heterocycles. The molecular formula is C15H20FN3O4S. The van der Waals surface area contributed by atoms with E-state index in [1.165, 1.54) is 12.1 Å². The number of amides is 1. The minimum atomic E-state index is -1.88. The molecule has 2 fully saturated rings. The van der Waals surface area contributed by atoms with Crippen molar-refractivity contribution in [2.45, 2.75) is 25.4 Å². The van der Waals surface area contributed by atoms with Gasteiger partial charge in [0, 0.05) is 19.6 Å². The third-order valence-corrected chi connectivity index (χ3v) is 5.43. The Morgan fingerprint density at radius 3 is 2.62 bits per heavy atom. The smallest absolute Gasteiger partial charge is 0.253 e. The van der Waals surface area contributed by atoms with E-state index in [9.17, 15) is 23.6 Å². The summed E-state index contributed by atoms with van der Waals surface area (Å²) >= 11 is -1.88. The number of rotatable bonds is 4. The maximum absolute atomic E-state index is 14.4. The lowest BCUT2D eigenvalue weighted by Crippen LogP contribution is -2.37. The van der Waals surface area contributed by atoms with E-state index in [2.05, 4.69) is 9.62 Å². The Kier molecular flexibility index (Phi) is 5.02. The Balaban J connectivity index is 1.68. The number of hydrogen-bond donors (Lipinski definition) is 3. The molecule has 0 aliphatic carbocycles. The molecule has 0 radical (unpaired) electrons. The van der Waals surface area contributed by atoms with Crippen LogP contribution >= 0.6 is 0 Å². The van der Waals surface area contributed by atoms with E-state index >= 15 is 0 Å². The van der Waals surface area contributed by atoms with Gasteiger partial charge in [-0.15, -0.1) is 0 Å². The van der Waals surface area contributed by atoms with Crippen LogP contribution in [0.25, 0.3) is 0 Å². The zero-order valence-corrected chi connectivity index (χ0v) is 13.9. The third-order valence-electron chi connectivity index (χ3n) is 4.31. The van der Waals surface area contributed by atoms with Crippen LogP contribution in [0.4, 0.5) is 10.1 Å². The molecule has 0 bridgehead atoms. The van der Waals surface area contributed by atoms with Crippen molar-refractivity contribution in [2.75, 3.05) is 30.5 Å². The number of carbonyl (C=O) groups excluding carboxylic acids is 1. The molecule has 24 heavy (non-hydrogen) atoms. The van der Waals surface area contributed by atoms with Crippen LogP contribution in [-0.4, -0.2) is 57.5 Å². The molecule has 0 spiro atoms. The predicted octanol–water partition coefficient (Wildman–Crippen LogP) is 0.0454. The van der Waals surface area contributed by atoms with Crippen molar-refractivity contribution < 1.29 is 23.6 Å². The number of piperidine rings is 1. The van der Waals surface area contributed by atoms with E-state index in [-0.39, 0.29) is 24.1 Å². The third kappa shape index (κ3) is 3.68. The van der Waals surface area contributed by atoms with Gasteiger partial charge in [-0.25, -0.2) is 8.60 Å². The lowest BCUT2D eigenvalue weighted by atomic mass is 10.1. The van der Waals surface area contributed by atoms with Crippen LogP contribution < -0.4 is 9.03 Å². The lowest BCUT2D eigenvalue weighted by molar-refractivity contribution is -0.117. The molecule has 9 heteroatoms. The summed E-state index contributed by atoms with van der Waals surface area (Å²) in [5.74, 6) is -1.52. The Labute approximate surface area is 141 Å². The number of nitrogens with zero attached hydrogens (tertiary/aromatic N) is 2. The first-order valence-corrected chi connectivity index (χ1v) is 8.95. The van der Waals surface area contributed by atoms with E-state index in [4.69, 9.17) is 0 Å². The van der Waals surface area contributed by atoms with Crippen molar-refractivity contribution >= 4 is 22.8 Å². The quantitative estimate of drug-likeness (QED) is 0.708. The highest BCUT2D eigenvalue weighted by Gasteiger charge is 2.31. The van der Waals surface area contributed by atoms with Crippen LogP contribution in [0.5, 0.6) is 5.75 Å². The summed E-state index contributed by atoms with van der Waals surface area (Å²) in [6.45, 7) is 2.05. The summed E-state index contributed by atoms with van der Waals surface area (Å²) in [6, 6.07) is 2.74. The van der Waals surface area contributed by atoms with E-state index < -0.39 is 22.9 Å². The van der Waals surface area contributed by atoms with Crippen molar-refractivity contribution in [3.05, 3.63) is 23.5 Å². The maximum Gasteiger partial charge on any atom is 0.253 e. The molecular weight excluding hydrogens is 337 g/mol. The van der Waals surface area contributed by atoms with Gasteiger partial charge in [0.05, 0.1) is 6.10 Å². The maximum atomic E-state index is 14.4. The molecule has 132 valence electrons. The molecule has 2 saturated heterocycles. The van der Waals surface area contributed by atoms with Gasteiger partial charge in [-0.1, -0.05) is 0 Å². The van der Waals surface area contributed by atoms with E-state index in [1.54, 1.807) is 0 Å². The van der Waals surface area contributed by atoms with Crippen LogP contribution in [0, 0.1) is 5.82 Å². The monoisotopic (exact) mass is 357 g/mol. The number of benzene rings is 1. The number of halogens is 1. The Morgan fingerprint density at radius 1 is 1.33 bits per heavy atom. The highest BCUT2D eigenvalue weighted by Crippen LogP contribution is 2.33.